The number of aliphatic carboxylic acids is 1. The minimum absolute atomic E-state index is 0.0812. The SMILES string of the molecule is O=C(O)C1CC1CNC1CCOCC1. The highest BCUT2D eigenvalue weighted by atomic mass is 16.5. The zero-order valence-corrected chi connectivity index (χ0v) is 8.24. The number of rotatable bonds is 4. The van der Waals surface area contributed by atoms with Crippen molar-refractivity contribution in [1.29, 1.82) is 0 Å². The lowest BCUT2D eigenvalue weighted by Gasteiger charge is -2.23. The van der Waals surface area contributed by atoms with E-state index in [9.17, 15) is 4.79 Å². The van der Waals surface area contributed by atoms with Crippen molar-refractivity contribution in [3.05, 3.63) is 0 Å². The third kappa shape index (κ3) is 2.45. The average molecular weight is 199 g/mol. The van der Waals surface area contributed by atoms with Crippen molar-refractivity contribution in [2.75, 3.05) is 19.8 Å². The highest BCUT2D eigenvalue weighted by Gasteiger charge is 2.42. The molecule has 80 valence electrons. The first-order chi connectivity index (χ1) is 6.77. The first-order valence-electron chi connectivity index (χ1n) is 5.31. The quantitative estimate of drug-likeness (QED) is 0.691. The highest BCUT2D eigenvalue weighted by molar-refractivity contribution is 5.73. The van der Waals surface area contributed by atoms with Gasteiger partial charge in [0.1, 0.15) is 0 Å². The molecule has 2 rings (SSSR count). The molecular weight excluding hydrogens is 182 g/mol. The molecule has 1 aliphatic carbocycles. The highest BCUT2D eigenvalue weighted by Crippen LogP contribution is 2.37. The molecule has 4 heteroatoms. The molecule has 4 nitrogen and oxygen atoms in total. The maximum atomic E-state index is 10.6. The molecule has 0 radical (unpaired) electrons. The third-order valence-electron chi connectivity index (χ3n) is 3.13. The Balaban J connectivity index is 1.61. The molecule has 1 aliphatic heterocycles. The summed E-state index contributed by atoms with van der Waals surface area (Å²) < 4.78 is 5.25. The number of nitrogens with one attached hydrogen (secondary N) is 1. The molecule has 0 aromatic carbocycles. The Hall–Kier alpha value is -0.610. The van der Waals surface area contributed by atoms with Gasteiger partial charge in [-0.05, 0) is 31.7 Å². The molecule has 0 aromatic heterocycles. The van der Waals surface area contributed by atoms with Crippen LogP contribution < -0.4 is 5.32 Å². The maximum Gasteiger partial charge on any atom is 0.306 e. The van der Waals surface area contributed by atoms with Gasteiger partial charge in [-0.25, -0.2) is 0 Å². The van der Waals surface area contributed by atoms with E-state index in [0.717, 1.165) is 39.0 Å². The van der Waals surface area contributed by atoms with Crippen LogP contribution in [0.2, 0.25) is 0 Å². The average Bonchev–Trinajstić information content (AvgIpc) is 2.96. The van der Waals surface area contributed by atoms with Gasteiger partial charge in [0.2, 0.25) is 0 Å². The van der Waals surface area contributed by atoms with Crippen molar-refractivity contribution in [2.24, 2.45) is 11.8 Å². The van der Waals surface area contributed by atoms with Crippen molar-refractivity contribution in [2.45, 2.75) is 25.3 Å². The van der Waals surface area contributed by atoms with E-state index < -0.39 is 5.97 Å². The summed E-state index contributed by atoms with van der Waals surface area (Å²) >= 11 is 0. The minimum Gasteiger partial charge on any atom is -0.481 e. The molecule has 1 saturated carbocycles. The Morgan fingerprint density at radius 1 is 1.43 bits per heavy atom. The minimum atomic E-state index is -0.635. The molecule has 1 saturated heterocycles. The van der Waals surface area contributed by atoms with Gasteiger partial charge < -0.3 is 15.2 Å². The smallest absolute Gasteiger partial charge is 0.306 e. The van der Waals surface area contributed by atoms with Gasteiger partial charge in [-0.3, -0.25) is 4.79 Å². The summed E-state index contributed by atoms with van der Waals surface area (Å²) in [6, 6.07) is 0.541. The predicted molar refractivity (Wildman–Crippen MR) is 51.1 cm³/mol. The van der Waals surface area contributed by atoms with E-state index in [1.54, 1.807) is 0 Å². The number of hydrogen-bond donors (Lipinski definition) is 2. The van der Waals surface area contributed by atoms with E-state index in [-0.39, 0.29) is 5.92 Å². The number of hydrogen-bond acceptors (Lipinski definition) is 3. The topological polar surface area (TPSA) is 58.6 Å². The number of carboxylic acids is 1. The molecule has 0 bridgehead atoms. The fourth-order valence-corrected chi connectivity index (χ4v) is 2.00. The van der Waals surface area contributed by atoms with E-state index in [2.05, 4.69) is 5.32 Å². The summed E-state index contributed by atoms with van der Waals surface area (Å²) in [4.78, 5) is 10.6. The second kappa shape index (κ2) is 4.28. The van der Waals surface area contributed by atoms with Crippen LogP contribution in [0, 0.1) is 11.8 Å². The molecular formula is C10H17NO3. The first kappa shape index (κ1) is 9.93. The first-order valence-corrected chi connectivity index (χ1v) is 5.31. The van der Waals surface area contributed by atoms with Gasteiger partial charge in [-0.2, -0.15) is 0 Å². The summed E-state index contributed by atoms with van der Waals surface area (Å²) in [5, 5.41) is 12.1. The largest absolute Gasteiger partial charge is 0.481 e. The fourth-order valence-electron chi connectivity index (χ4n) is 2.00. The summed E-state index contributed by atoms with van der Waals surface area (Å²) in [5.41, 5.74) is 0. The number of ether oxygens (including phenoxy) is 1. The summed E-state index contributed by atoms with van der Waals surface area (Å²) in [7, 11) is 0. The number of carbonyl (C=O) groups is 1. The summed E-state index contributed by atoms with van der Waals surface area (Å²) in [5.74, 6) is -0.346. The van der Waals surface area contributed by atoms with Crippen LogP contribution in [0.4, 0.5) is 0 Å². The predicted octanol–water partition coefficient (Wildman–Crippen LogP) is 0.476. The number of carboxylic acid groups (broad SMARTS) is 1. The Bertz CT molecular complexity index is 213. The van der Waals surface area contributed by atoms with Crippen LogP contribution in [0.15, 0.2) is 0 Å². The second-order valence-corrected chi connectivity index (χ2v) is 4.24. The molecule has 1 heterocycles. The van der Waals surface area contributed by atoms with Crippen LogP contribution in [0.1, 0.15) is 19.3 Å². The molecule has 14 heavy (non-hydrogen) atoms. The molecule has 2 fully saturated rings. The Labute approximate surface area is 83.6 Å². The lowest BCUT2D eigenvalue weighted by Crippen LogP contribution is -2.36. The summed E-state index contributed by atoms with van der Waals surface area (Å²) in [6.45, 7) is 2.54. The fraction of sp³-hybridized carbons (Fsp3) is 0.900. The molecule has 2 unspecified atom stereocenters. The summed E-state index contributed by atoms with van der Waals surface area (Å²) in [6.07, 6.45) is 2.97. The van der Waals surface area contributed by atoms with E-state index >= 15 is 0 Å². The zero-order valence-electron chi connectivity index (χ0n) is 8.24. The van der Waals surface area contributed by atoms with E-state index in [1.807, 2.05) is 0 Å². The third-order valence-corrected chi connectivity index (χ3v) is 3.13. The van der Waals surface area contributed by atoms with E-state index in [4.69, 9.17) is 9.84 Å². The van der Waals surface area contributed by atoms with Crippen LogP contribution in [-0.4, -0.2) is 36.9 Å². The Morgan fingerprint density at radius 3 is 2.71 bits per heavy atom. The Kier molecular flexibility index (Phi) is 3.03. The molecule has 2 atom stereocenters. The van der Waals surface area contributed by atoms with Gasteiger partial charge in [0.15, 0.2) is 0 Å². The van der Waals surface area contributed by atoms with Crippen LogP contribution in [0.25, 0.3) is 0 Å². The van der Waals surface area contributed by atoms with E-state index in [1.165, 1.54) is 0 Å². The monoisotopic (exact) mass is 199 g/mol. The maximum absolute atomic E-state index is 10.6. The van der Waals surface area contributed by atoms with Crippen LogP contribution in [0.5, 0.6) is 0 Å². The van der Waals surface area contributed by atoms with Crippen molar-refractivity contribution in [1.82, 2.24) is 5.32 Å². The standard InChI is InChI=1S/C10H17NO3/c12-10(13)9-5-7(9)6-11-8-1-3-14-4-2-8/h7-9,11H,1-6H2,(H,12,13). The lowest BCUT2D eigenvalue weighted by molar-refractivity contribution is -0.138. The second-order valence-electron chi connectivity index (χ2n) is 4.24. The van der Waals surface area contributed by atoms with Gasteiger partial charge in [0, 0.05) is 19.3 Å². The lowest BCUT2D eigenvalue weighted by atomic mass is 10.1. The molecule has 2 N–H and O–H groups in total. The van der Waals surface area contributed by atoms with Crippen molar-refractivity contribution < 1.29 is 14.6 Å². The van der Waals surface area contributed by atoms with Crippen LogP contribution in [0.3, 0.4) is 0 Å². The normalized spacial score (nSPS) is 32.9. The molecule has 0 aromatic rings. The molecule has 2 aliphatic rings. The van der Waals surface area contributed by atoms with Crippen LogP contribution in [-0.2, 0) is 9.53 Å². The van der Waals surface area contributed by atoms with Gasteiger partial charge in [-0.15, -0.1) is 0 Å². The van der Waals surface area contributed by atoms with Crippen molar-refractivity contribution in [3.63, 3.8) is 0 Å². The van der Waals surface area contributed by atoms with Gasteiger partial charge >= 0.3 is 5.97 Å². The van der Waals surface area contributed by atoms with Gasteiger partial charge in [-0.1, -0.05) is 0 Å². The van der Waals surface area contributed by atoms with E-state index in [0.29, 0.717) is 12.0 Å². The van der Waals surface area contributed by atoms with Gasteiger partial charge in [0.25, 0.3) is 0 Å². The van der Waals surface area contributed by atoms with Gasteiger partial charge in [0.05, 0.1) is 5.92 Å². The molecule has 0 spiro atoms. The van der Waals surface area contributed by atoms with Crippen molar-refractivity contribution >= 4 is 5.97 Å². The molecule has 0 amide bonds. The Morgan fingerprint density at radius 2 is 2.14 bits per heavy atom. The zero-order chi connectivity index (χ0) is 9.97. The van der Waals surface area contributed by atoms with Crippen molar-refractivity contribution in [3.8, 4) is 0 Å². The van der Waals surface area contributed by atoms with Crippen LogP contribution >= 0.6 is 0 Å².